The van der Waals surface area contributed by atoms with Crippen molar-refractivity contribution in [3.05, 3.63) is 40.0 Å². The lowest BCUT2D eigenvalue weighted by Crippen LogP contribution is -2.42. The molecule has 0 atom stereocenters. The molecule has 7 nitrogen and oxygen atoms in total. The van der Waals surface area contributed by atoms with E-state index in [9.17, 15) is 0 Å². The molecule has 2 aromatic heterocycles. The Balaban J connectivity index is 1.50. The number of anilines is 1. The Kier molecular flexibility index (Phi) is 4.92. The molecule has 2 N–H and O–H groups in total. The average molecular weight is 407 g/mol. The highest BCUT2D eigenvalue weighted by Crippen LogP contribution is 2.33. The van der Waals surface area contributed by atoms with Crippen LogP contribution in [-0.2, 0) is 6.54 Å². The van der Waals surface area contributed by atoms with Gasteiger partial charge in [-0.15, -0.1) is 0 Å². The van der Waals surface area contributed by atoms with E-state index in [2.05, 4.69) is 26.8 Å². The number of pyridine rings is 1. The molecular weight excluding hydrogens is 387 g/mol. The molecule has 0 spiro atoms. The first-order chi connectivity index (χ1) is 13.0. The first-order valence-electron chi connectivity index (χ1n) is 8.83. The minimum atomic E-state index is 0.184. The third-order valence-corrected chi connectivity index (χ3v) is 5.96. The van der Waals surface area contributed by atoms with Crippen LogP contribution in [0.3, 0.4) is 0 Å². The van der Waals surface area contributed by atoms with Crippen LogP contribution in [-0.4, -0.2) is 40.5 Å². The summed E-state index contributed by atoms with van der Waals surface area (Å²) in [5, 5.41) is 0.431. The number of hydrogen-bond acceptors (Lipinski definition) is 7. The highest BCUT2D eigenvalue weighted by atomic mass is 35.5. The van der Waals surface area contributed by atoms with Gasteiger partial charge >= 0.3 is 0 Å². The van der Waals surface area contributed by atoms with Crippen molar-refractivity contribution in [1.82, 2.24) is 15.0 Å². The van der Waals surface area contributed by atoms with Gasteiger partial charge in [0.25, 0.3) is 0 Å². The lowest BCUT2D eigenvalue weighted by molar-refractivity contribution is 0.258. The average Bonchev–Trinajstić information content (AvgIpc) is 3.08. The number of aromatic nitrogens is 3. The number of piperidine rings is 1. The van der Waals surface area contributed by atoms with Crippen LogP contribution in [0.2, 0.25) is 10.2 Å². The minimum absolute atomic E-state index is 0.184. The van der Waals surface area contributed by atoms with Crippen LogP contribution in [0.5, 0.6) is 5.75 Å². The molecule has 4 rings (SSSR count). The SMILES string of the molecule is CC1(CN)CCN(c2cnc3c(n2)CN=C3Oc2ccnc(Cl)c2Cl)CC1. The fraction of sp³-hybridized carbons (Fsp3) is 0.444. The second-order valence-electron chi connectivity index (χ2n) is 7.16. The lowest BCUT2D eigenvalue weighted by Gasteiger charge is -2.39. The Morgan fingerprint density at radius 2 is 2.04 bits per heavy atom. The summed E-state index contributed by atoms with van der Waals surface area (Å²) < 4.78 is 5.80. The van der Waals surface area contributed by atoms with Crippen molar-refractivity contribution in [1.29, 1.82) is 0 Å². The predicted molar refractivity (Wildman–Crippen MR) is 106 cm³/mol. The van der Waals surface area contributed by atoms with Crippen molar-refractivity contribution >= 4 is 34.9 Å². The van der Waals surface area contributed by atoms with Gasteiger partial charge in [-0.2, -0.15) is 0 Å². The van der Waals surface area contributed by atoms with Crippen molar-refractivity contribution in [2.45, 2.75) is 26.3 Å². The summed E-state index contributed by atoms with van der Waals surface area (Å²) in [5.74, 6) is 1.66. The van der Waals surface area contributed by atoms with E-state index in [-0.39, 0.29) is 15.6 Å². The van der Waals surface area contributed by atoms with E-state index in [0.29, 0.717) is 30.4 Å². The maximum atomic E-state index is 6.13. The third kappa shape index (κ3) is 3.59. The van der Waals surface area contributed by atoms with Crippen LogP contribution in [0.25, 0.3) is 0 Å². The Morgan fingerprint density at radius 1 is 1.26 bits per heavy atom. The zero-order chi connectivity index (χ0) is 19.0. The largest absolute Gasteiger partial charge is 0.435 e. The number of halogens is 2. The zero-order valence-electron chi connectivity index (χ0n) is 15.0. The molecular formula is C18H20Cl2N6O. The zero-order valence-corrected chi connectivity index (χ0v) is 16.5. The van der Waals surface area contributed by atoms with Gasteiger partial charge in [0.15, 0.2) is 10.9 Å². The van der Waals surface area contributed by atoms with E-state index >= 15 is 0 Å². The molecule has 0 radical (unpaired) electrons. The van der Waals surface area contributed by atoms with Gasteiger partial charge in [-0.25, -0.2) is 19.9 Å². The summed E-state index contributed by atoms with van der Waals surface area (Å²) in [5.41, 5.74) is 7.54. The Hall–Kier alpha value is -1.96. The van der Waals surface area contributed by atoms with Gasteiger partial charge < -0.3 is 15.4 Å². The number of nitrogens with two attached hydrogens (primary N) is 1. The Labute approximate surface area is 167 Å². The maximum Gasteiger partial charge on any atom is 0.243 e. The van der Waals surface area contributed by atoms with E-state index < -0.39 is 0 Å². The molecule has 0 amide bonds. The summed E-state index contributed by atoms with van der Waals surface area (Å²) in [6.07, 6.45) is 5.40. The van der Waals surface area contributed by atoms with Crippen LogP contribution in [0.1, 0.15) is 31.2 Å². The van der Waals surface area contributed by atoms with Gasteiger partial charge in [0, 0.05) is 25.4 Å². The Morgan fingerprint density at radius 3 is 2.78 bits per heavy atom. The third-order valence-electron chi connectivity index (χ3n) is 5.21. The van der Waals surface area contributed by atoms with Crippen LogP contribution in [0.15, 0.2) is 23.5 Å². The van der Waals surface area contributed by atoms with Crippen LogP contribution < -0.4 is 15.4 Å². The molecule has 2 aliphatic heterocycles. The van der Waals surface area contributed by atoms with Crippen molar-refractivity contribution in [3.63, 3.8) is 0 Å². The van der Waals surface area contributed by atoms with Crippen LogP contribution in [0.4, 0.5) is 5.82 Å². The second-order valence-corrected chi connectivity index (χ2v) is 7.90. The minimum Gasteiger partial charge on any atom is -0.435 e. The first kappa shape index (κ1) is 18.4. The van der Waals surface area contributed by atoms with E-state index in [4.69, 9.17) is 38.7 Å². The summed E-state index contributed by atoms with van der Waals surface area (Å²) in [7, 11) is 0. The van der Waals surface area contributed by atoms with E-state index in [0.717, 1.165) is 37.4 Å². The van der Waals surface area contributed by atoms with E-state index in [1.807, 2.05) is 0 Å². The highest BCUT2D eigenvalue weighted by molar-refractivity contribution is 6.42. The van der Waals surface area contributed by atoms with Gasteiger partial charge in [-0.05, 0) is 24.8 Å². The molecule has 2 aromatic rings. The molecule has 1 fully saturated rings. The molecule has 27 heavy (non-hydrogen) atoms. The number of fused-ring (bicyclic) bond motifs is 1. The normalized spacial score (nSPS) is 18.2. The summed E-state index contributed by atoms with van der Waals surface area (Å²) in [6, 6.07) is 1.64. The second kappa shape index (κ2) is 7.22. The molecule has 2 aliphatic rings. The molecule has 0 saturated carbocycles. The smallest absolute Gasteiger partial charge is 0.243 e. The maximum absolute atomic E-state index is 6.13. The highest BCUT2D eigenvalue weighted by Gasteiger charge is 2.30. The van der Waals surface area contributed by atoms with Gasteiger partial charge in [0.05, 0.1) is 18.4 Å². The molecule has 1 saturated heterocycles. The van der Waals surface area contributed by atoms with Crippen LogP contribution in [0, 0.1) is 5.41 Å². The lowest BCUT2D eigenvalue weighted by atomic mass is 9.80. The summed E-state index contributed by atoms with van der Waals surface area (Å²) in [4.78, 5) is 19.9. The quantitative estimate of drug-likeness (QED) is 0.787. The van der Waals surface area contributed by atoms with E-state index in [1.54, 1.807) is 12.3 Å². The van der Waals surface area contributed by atoms with Gasteiger partial charge in [0.2, 0.25) is 5.90 Å². The number of aliphatic imine (C=N–C) groups is 1. The summed E-state index contributed by atoms with van der Waals surface area (Å²) in [6.45, 7) is 5.24. The molecule has 0 bridgehead atoms. The van der Waals surface area contributed by atoms with Gasteiger partial charge in [0.1, 0.15) is 16.5 Å². The Bertz CT molecular complexity index is 895. The van der Waals surface area contributed by atoms with Crippen molar-refractivity contribution in [2.24, 2.45) is 16.1 Å². The first-order valence-corrected chi connectivity index (χ1v) is 9.58. The van der Waals surface area contributed by atoms with Crippen molar-refractivity contribution in [3.8, 4) is 5.75 Å². The van der Waals surface area contributed by atoms with Crippen LogP contribution >= 0.6 is 23.2 Å². The number of hydrogen-bond donors (Lipinski definition) is 1. The van der Waals surface area contributed by atoms with Crippen molar-refractivity contribution < 1.29 is 4.74 Å². The van der Waals surface area contributed by atoms with E-state index in [1.165, 1.54) is 6.20 Å². The fourth-order valence-corrected chi connectivity index (χ4v) is 3.52. The molecule has 0 unspecified atom stereocenters. The monoisotopic (exact) mass is 406 g/mol. The summed E-state index contributed by atoms with van der Waals surface area (Å²) >= 11 is 12.1. The molecule has 0 aliphatic carbocycles. The number of rotatable bonds is 3. The molecule has 0 aromatic carbocycles. The molecule has 4 heterocycles. The number of nitrogens with zero attached hydrogens (tertiary/aromatic N) is 5. The van der Waals surface area contributed by atoms with Gasteiger partial charge in [-0.3, -0.25) is 0 Å². The topological polar surface area (TPSA) is 89.5 Å². The molecule has 9 heteroatoms. The van der Waals surface area contributed by atoms with Gasteiger partial charge in [-0.1, -0.05) is 30.1 Å². The standard InChI is InChI=1S/C18H20Cl2N6O/c1-18(10-21)3-6-26(7-4-18)13-9-23-15-11(25-13)8-24-17(15)27-12-2-5-22-16(20)14(12)19/h2,5,9H,3-4,6-8,10,21H2,1H3. The van der Waals surface area contributed by atoms with Crippen molar-refractivity contribution in [2.75, 3.05) is 24.5 Å². The molecule has 142 valence electrons. The number of ether oxygens (including phenoxy) is 1. The fourth-order valence-electron chi connectivity index (χ4n) is 3.22. The predicted octanol–water partition coefficient (Wildman–Crippen LogP) is 3.08.